The first-order chi connectivity index (χ1) is 9.02. The number of halogens is 4. The summed E-state index contributed by atoms with van der Waals surface area (Å²) in [4.78, 5) is 8.26. The highest BCUT2D eigenvalue weighted by molar-refractivity contribution is 6.34. The summed E-state index contributed by atoms with van der Waals surface area (Å²) in [5.41, 5.74) is 1.22. The molecule has 6 heteroatoms. The Hall–Kier alpha value is -1.26. The molecule has 0 aliphatic heterocycles. The van der Waals surface area contributed by atoms with Crippen LogP contribution in [0.1, 0.15) is 24.5 Å². The van der Waals surface area contributed by atoms with Gasteiger partial charge in [0.15, 0.2) is 5.82 Å². The second-order valence-corrected chi connectivity index (χ2v) is 4.60. The van der Waals surface area contributed by atoms with Crippen molar-refractivity contribution in [1.82, 2.24) is 9.97 Å². The van der Waals surface area contributed by atoms with Gasteiger partial charge in [-0.1, -0.05) is 54.4 Å². The molecule has 0 amide bonds. The van der Waals surface area contributed by atoms with E-state index in [0.29, 0.717) is 23.4 Å². The number of nitrogens with zero attached hydrogens (tertiary/aromatic N) is 2. The molecule has 100 valence electrons. The zero-order valence-electron chi connectivity index (χ0n) is 10.0. The number of benzene rings is 1. The highest BCUT2D eigenvalue weighted by Gasteiger charge is 2.12. The third-order valence-electron chi connectivity index (χ3n) is 2.68. The van der Waals surface area contributed by atoms with Crippen molar-refractivity contribution in [3.05, 3.63) is 45.7 Å². The maximum Gasteiger partial charge on any atom is 0.263 e. The Balaban J connectivity index is 2.42. The largest absolute Gasteiger partial charge is 0.263 e. The molecule has 0 fully saturated rings. The summed E-state index contributed by atoms with van der Waals surface area (Å²) in [7, 11) is 0. The van der Waals surface area contributed by atoms with Crippen molar-refractivity contribution >= 4 is 23.2 Å². The van der Waals surface area contributed by atoms with Crippen LogP contribution < -0.4 is 0 Å². The average Bonchev–Trinajstić information content (AvgIpc) is 2.38. The molecule has 0 N–H and O–H groups in total. The molecule has 2 rings (SSSR count). The van der Waals surface area contributed by atoms with Gasteiger partial charge in [-0.05, 0) is 6.42 Å². The third kappa shape index (κ3) is 3.01. The van der Waals surface area contributed by atoms with Crippen LogP contribution in [0.3, 0.4) is 0 Å². The monoisotopic (exact) mass is 302 g/mol. The molecule has 2 aromatic rings. The minimum atomic E-state index is -2.50. The van der Waals surface area contributed by atoms with Gasteiger partial charge in [0, 0.05) is 16.7 Å². The zero-order valence-corrected chi connectivity index (χ0v) is 11.5. The van der Waals surface area contributed by atoms with E-state index in [1.54, 1.807) is 0 Å². The molecule has 0 atom stereocenters. The maximum atomic E-state index is 12.5. The van der Waals surface area contributed by atoms with Crippen LogP contribution in [-0.2, 0) is 6.42 Å². The smallest absolute Gasteiger partial charge is 0.216 e. The lowest BCUT2D eigenvalue weighted by atomic mass is 10.1. The van der Waals surface area contributed by atoms with Gasteiger partial charge in [-0.3, -0.25) is 0 Å². The maximum absolute atomic E-state index is 12.5. The molecule has 2 nitrogen and oxygen atoms in total. The van der Waals surface area contributed by atoms with Crippen LogP contribution in [-0.4, -0.2) is 9.97 Å². The van der Waals surface area contributed by atoms with E-state index in [1.807, 2.05) is 6.92 Å². The van der Waals surface area contributed by atoms with Crippen LogP contribution in [0.5, 0.6) is 0 Å². The molecule has 0 spiro atoms. The second kappa shape index (κ2) is 5.80. The van der Waals surface area contributed by atoms with Gasteiger partial charge < -0.3 is 0 Å². The molecule has 0 saturated carbocycles. The topological polar surface area (TPSA) is 25.8 Å². The van der Waals surface area contributed by atoms with Gasteiger partial charge in [-0.2, -0.15) is 0 Å². The molecule has 0 radical (unpaired) electrons. The molecule has 0 saturated heterocycles. The van der Waals surface area contributed by atoms with E-state index < -0.39 is 6.43 Å². The van der Waals surface area contributed by atoms with Gasteiger partial charge in [0.2, 0.25) is 0 Å². The highest BCUT2D eigenvalue weighted by Crippen LogP contribution is 2.27. The van der Waals surface area contributed by atoms with Crippen LogP contribution in [0.4, 0.5) is 8.78 Å². The Morgan fingerprint density at radius 2 is 1.58 bits per heavy atom. The van der Waals surface area contributed by atoms with Crippen LogP contribution in [0.25, 0.3) is 11.4 Å². The minimum absolute atomic E-state index is 0.0499. The predicted octanol–water partition coefficient (Wildman–Crippen LogP) is 4.95. The van der Waals surface area contributed by atoms with E-state index in [2.05, 4.69) is 9.97 Å². The highest BCUT2D eigenvalue weighted by atomic mass is 35.5. The number of hydrogen-bond donors (Lipinski definition) is 0. The van der Waals surface area contributed by atoms with E-state index in [-0.39, 0.29) is 15.9 Å². The minimum Gasteiger partial charge on any atom is -0.216 e. The fraction of sp³-hybridized carbons (Fsp3) is 0.231. The van der Waals surface area contributed by atoms with Gasteiger partial charge in [-0.15, -0.1) is 0 Å². The molecule has 1 aromatic heterocycles. The predicted molar refractivity (Wildman–Crippen MR) is 71.8 cm³/mol. The Kier molecular flexibility index (Phi) is 4.32. The van der Waals surface area contributed by atoms with E-state index in [0.717, 1.165) is 0 Å². The fourth-order valence-electron chi connectivity index (χ4n) is 1.63. The van der Waals surface area contributed by atoms with Gasteiger partial charge in [-0.25, -0.2) is 18.7 Å². The van der Waals surface area contributed by atoms with Gasteiger partial charge in [0.25, 0.3) is 6.43 Å². The lowest BCUT2D eigenvalue weighted by Crippen LogP contribution is -1.96. The van der Waals surface area contributed by atoms with Crippen LogP contribution in [0.15, 0.2) is 24.3 Å². The fourth-order valence-corrected chi connectivity index (χ4v) is 2.28. The summed E-state index contributed by atoms with van der Waals surface area (Å²) in [6.45, 7) is 1.90. The molecule has 0 aliphatic rings. The van der Waals surface area contributed by atoms with Gasteiger partial charge in [0.1, 0.15) is 10.3 Å². The summed E-state index contributed by atoms with van der Waals surface area (Å²) in [5.74, 6) is 0.327. The van der Waals surface area contributed by atoms with Crippen LogP contribution in [0, 0.1) is 0 Å². The van der Waals surface area contributed by atoms with Crippen molar-refractivity contribution in [1.29, 1.82) is 0 Å². The van der Waals surface area contributed by atoms with Crippen molar-refractivity contribution in [2.75, 3.05) is 0 Å². The quantitative estimate of drug-likeness (QED) is 0.750. The number of hydrogen-bond acceptors (Lipinski definition) is 2. The summed E-state index contributed by atoms with van der Waals surface area (Å²) in [6, 6.07) is 5.71. The number of rotatable bonds is 3. The first-order valence-corrected chi connectivity index (χ1v) is 6.39. The lowest BCUT2D eigenvalue weighted by Gasteiger charge is -2.07. The Labute approximate surface area is 119 Å². The molecule has 0 unspecified atom stereocenters. The Bertz CT molecular complexity index is 563. The van der Waals surface area contributed by atoms with E-state index in [1.165, 1.54) is 24.3 Å². The lowest BCUT2D eigenvalue weighted by molar-refractivity contribution is 0.151. The molecule has 0 aliphatic carbocycles. The van der Waals surface area contributed by atoms with Crippen molar-refractivity contribution in [2.45, 2.75) is 19.8 Å². The zero-order chi connectivity index (χ0) is 14.0. The van der Waals surface area contributed by atoms with Crippen molar-refractivity contribution in [3.63, 3.8) is 0 Å². The molecule has 1 heterocycles. The van der Waals surface area contributed by atoms with E-state index >= 15 is 0 Å². The Morgan fingerprint density at radius 3 is 2.00 bits per heavy atom. The summed E-state index contributed by atoms with van der Waals surface area (Å²) in [6.07, 6.45) is -1.87. The van der Waals surface area contributed by atoms with E-state index in [9.17, 15) is 8.78 Å². The summed E-state index contributed by atoms with van der Waals surface area (Å²) < 4.78 is 24.9. The molecular formula is C13H10Cl2F2N2. The van der Waals surface area contributed by atoms with Crippen molar-refractivity contribution in [3.8, 4) is 11.4 Å². The van der Waals surface area contributed by atoms with Crippen LogP contribution in [0.2, 0.25) is 10.3 Å². The normalized spacial score (nSPS) is 11.1. The van der Waals surface area contributed by atoms with Crippen molar-refractivity contribution < 1.29 is 8.78 Å². The van der Waals surface area contributed by atoms with E-state index in [4.69, 9.17) is 23.2 Å². The summed E-state index contributed by atoms with van der Waals surface area (Å²) in [5, 5.41) is 0.575. The van der Waals surface area contributed by atoms with Crippen molar-refractivity contribution in [2.24, 2.45) is 0 Å². The van der Waals surface area contributed by atoms with Gasteiger partial charge >= 0.3 is 0 Å². The van der Waals surface area contributed by atoms with Gasteiger partial charge in [0.05, 0.1) is 0 Å². The molecule has 1 aromatic carbocycles. The molecular weight excluding hydrogens is 293 g/mol. The second-order valence-electron chi connectivity index (χ2n) is 3.88. The standard InChI is InChI=1S/C13H10Cl2F2N2/c1-2-9-10(14)18-13(19-11(9)15)8-5-3-7(4-6-8)12(16)17/h3-6,12H,2H2,1H3. The first kappa shape index (κ1) is 14.2. The van der Waals surface area contributed by atoms with Crippen LogP contribution >= 0.6 is 23.2 Å². The Morgan fingerprint density at radius 1 is 1.05 bits per heavy atom. The average molecular weight is 303 g/mol. The first-order valence-electron chi connectivity index (χ1n) is 5.63. The summed E-state index contributed by atoms with van der Waals surface area (Å²) >= 11 is 12.0. The number of alkyl halides is 2. The molecule has 19 heavy (non-hydrogen) atoms. The number of aromatic nitrogens is 2. The SMILES string of the molecule is CCc1c(Cl)nc(-c2ccc(C(F)F)cc2)nc1Cl. The molecule has 0 bridgehead atoms. The third-order valence-corrected chi connectivity index (χ3v) is 3.31.